The summed E-state index contributed by atoms with van der Waals surface area (Å²) in [5, 5.41) is 65.5. The van der Waals surface area contributed by atoms with Gasteiger partial charge in [0.05, 0.1) is 37.9 Å². The van der Waals surface area contributed by atoms with E-state index in [0.29, 0.717) is 64.5 Å². The number of carbonyl (C=O) groups is 14. The van der Waals surface area contributed by atoms with Gasteiger partial charge in [-0.15, -0.1) is 0 Å². The molecule has 0 saturated carbocycles. The standard InChI is InChI=1S/C79H106N18O17S/c1-45(82)70(105)89-56(27-15-17-33-80)72(107)95-63(44-115)71(106)87-42-65(102)85-41-64(101)86-43-66(103)88-58(35-48-19-7-4-8-20-48)74(109)91-59(36-49-21-9-5-10-22-49)75(110)92-60(38-51-29-31-53(100)32-30-51)76(111)93-62(39-52-40-84-55-26-14-13-25-54(52)55)77(112)90-57(28-16-18-34-81)73(108)97-68(47(3)99)79(114)94-61(37-50-23-11-6-12-24-50)78(113)96-67(46(2)98)69(83)104/h4-14,19-26,29-32,40,45-47,56-63,67-68,84,98-100,115H,15-18,27-28,33-39,41-44,80-82H2,1-3H3,(H2,83,104)(H,85,102)(H,86,101)(H,87,106)(H,88,103)(H,89,105)(H,90,112)(H,91,109)(H,92,110)(H,93,111)(H,94,114)(H,95,107)(H,96,113)(H,97,108)/t45-,46+,47+,56-,57-,58+,59-,60-,61-,62+,63-,67-,68-/m0/s1. The summed E-state index contributed by atoms with van der Waals surface area (Å²) in [5.41, 5.74) is 25.8. The number of aromatic nitrogens is 1. The Morgan fingerprint density at radius 3 is 1.18 bits per heavy atom. The number of para-hydroxylation sites is 1. The van der Waals surface area contributed by atoms with Crippen molar-refractivity contribution in [2.45, 2.75) is 170 Å². The first-order chi connectivity index (χ1) is 55.0. The van der Waals surface area contributed by atoms with Crippen LogP contribution in [0.25, 0.3) is 10.9 Å². The Bertz CT molecular complexity index is 4240. The van der Waals surface area contributed by atoms with Crippen LogP contribution < -0.4 is 92.1 Å². The Morgan fingerprint density at radius 1 is 0.383 bits per heavy atom. The highest BCUT2D eigenvalue weighted by molar-refractivity contribution is 7.80. The number of aromatic hydroxyl groups is 1. The summed E-state index contributed by atoms with van der Waals surface area (Å²) in [4.78, 5) is 197. The number of phenolic OH excluding ortho intramolecular Hbond substituents is 1. The summed E-state index contributed by atoms with van der Waals surface area (Å²) in [6, 6.07) is 22.3. The quantitative estimate of drug-likeness (QED) is 0.0129. The van der Waals surface area contributed by atoms with Gasteiger partial charge in [0.2, 0.25) is 82.7 Å². The number of hydrogen-bond acceptors (Lipinski definition) is 21. The molecule has 6 aromatic rings. The Kier molecular flexibility index (Phi) is 38.1. The van der Waals surface area contributed by atoms with E-state index in [4.69, 9.17) is 22.9 Å². The molecule has 0 fully saturated rings. The van der Waals surface area contributed by atoms with Gasteiger partial charge in [0, 0.05) is 55.0 Å². The van der Waals surface area contributed by atoms with Crippen LogP contribution in [-0.2, 0) is 99.2 Å². The number of fused-ring (bicyclic) bond motifs is 1. The highest BCUT2D eigenvalue weighted by Gasteiger charge is 2.38. The van der Waals surface area contributed by atoms with Crippen molar-refractivity contribution in [3.05, 3.63) is 174 Å². The van der Waals surface area contributed by atoms with Crippen molar-refractivity contribution in [2.75, 3.05) is 38.5 Å². The van der Waals surface area contributed by atoms with Crippen LogP contribution in [0.5, 0.6) is 5.75 Å². The molecule has 0 aliphatic carbocycles. The second-order valence-electron chi connectivity index (χ2n) is 27.7. The molecule has 35 nitrogen and oxygen atoms in total. The third kappa shape index (κ3) is 31.2. The first-order valence-corrected chi connectivity index (χ1v) is 38.3. The van der Waals surface area contributed by atoms with Gasteiger partial charge < -0.3 is 112 Å². The predicted molar refractivity (Wildman–Crippen MR) is 428 cm³/mol. The van der Waals surface area contributed by atoms with Crippen molar-refractivity contribution in [3.63, 3.8) is 0 Å². The molecule has 25 N–H and O–H groups in total. The van der Waals surface area contributed by atoms with Crippen LogP contribution in [0.2, 0.25) is 0 Å². The molecule has 6 rings (SSSR count). The number of phenols is 1. The minimum Gasteiger partial charge on any atom is -0.508 e. The monoisotopic (exact) mass is 1610 g/mol. The topological polar surface area (TPSA) is 576 Å². The zero-order valence-electron chi connectivity index (χ0n) is 64.2. The lowest BCUT2D eigenvalue weighted by atomic mass is 9.99. The van der Waals surface area contributed by atoms with Gasteiger partial charge in [-0.05, 0) is 118 Å². The fourth-order valence-electron chi connectivity index (χ4n) is 12.0. The largest absolute Gasteiger partial charge is 0.508 e. The second-order valence-corrected chi connectivity index (χ2v) is 28.1. The first-order valence-electron chi connectivity index (χ1n) is 37.7. The number of carbonyl (C=O) groups excluding carboxylic acids is 14. The maximum atomic E-state index is 15.4. The number of benzene rings is 5. The molecule has 620 valence electrons. The normalized spacial score (nSPS) is 14.5. The molecule has 0 aliphatic heterocycles. The molecule has 1 heterocycles. The highest BCUT2D eigenvalue weighted by Crippen LogP contribution is 2.21. The molecule has 0 radical (unpaired) electrons. The van der Waals surface area contributed by atoms with Crippen LogP contribution in [-0.4, -0.2) is 220 Å². The van der Waals surface area contributed by atoms with Gasteiger partial charge in [-0.3, -0.25) is 67.1 Å². The van der Waals surface area contributed by atoms with Gasteiger partial charge in [0.15, 0.2) is 0 Å². The second kappa shape index (κ2) is 47.6. The van der Waals surface area contributed by atoms with Crippen molar-refractivity contribution in [3.8, 4) is 5.75 Å². The van der Waals surface area contributed by atoms with Gasteiger partial charge in [-0.1, -0.05) is 121 Å². The lowest BCUT2D eigenvalue weighted by molar-refractivity contribution is -0.137. The fourth-order valence-corrected chi connectivity index (χ4v) is 12.2. The Morgan fingerprint density at radius 2 is 0.739 bits per heavy atom. The molecule has 36 heteroatoms. The summed E-state index contributed by atoms with van der Waals surface area (Å²) in [5.74, 6) is -12.8. The number of primary amides is 1. The number of amides is 14. The molecule has 1 aromatic heterocycles. The molecule has 0 aliphatic rings. The number of H-pyrrole nitrogens is 1. The SMILES string of the molecule is C[C@H](N)C(=O)N[C@@H](CCCCN)C(=O)N[C@@H](CS)C(=O)NCC(=O)NCC(=O)NCC(=O)N[C@H](Cc1ccccc1)C(=O)N[C@@H](Cc1ccccc1)C(=O)N[C@@H](Cc1ccc(O)cc1)C(=O)N[C@H](Cc1c[nH]c2ccccc12)C(=O)N[C@@H](CCCCN)C(=O)N[C@H](C(=O)N[C@@H](Cc1ccccc1)C(=O)N[C@H](C(N)=O)[C@@H](C)O)[C@@H](C)O. The molecule has 14 amide bonds. The average Bonchev–Trinajstić information content (AvgIpc) is 1.78. The summed E-state index contributed by atoms with van der Waals surface area (Å²) in [6.07, 6.45) is -0.879. The van der Waals surface area contributed by atoms with E-state index in [0.717, 1.165) is 0 Å². The van der Waals surface area contributed by atoms with Crippen molar-refractivity contribution in [1.29, 1.82) is 0 Å². The minimum atomic E-state index is -1.80. The third-order valence-corrected chi connectivity index (χ3v) is 18.7. The number of nitrogens with two attached hydrogens (primary N) is 4. The molecule has 0 unspecified atom stereocenters. The number of nitrogens with one attached hydrogen (secondary N) is 14. The number of aliphatic hydroxyl groups is 2. The lowest BCUT2D eigenvalue weighted by Crippen LogP contribution is -2.62. The van der Waals surface area contributed by atoms with Crippen molar-refractivity contribution in [2.24, 2.45) is 22.9 Å². The summed E-state index contributed by atoms with van der Waals surface area (Å²) < 4.78 is 0. The van der Waals surface area contributed by atoms with E-state index in [9.17, 15) is 68.1 Å². The van der Waals surface area contributed by atoms with Crippen molar-refractivity contribution in [1.82, 2.24) is 74.1 Å². The van der Waals surface area contributed by atoms with Crippen LogP contribution in [0.15, 0.2) is 146 Å². The van der Waals surface area contributed by atoms with Crippen LogP contribution in [0.1, 0.15) is 87.1 Å². The van der Waals surface area contributed by atoms with E-state index in [1.807, 2.05) is 0 Å². The van der Waals surface area contributed by atoms with Gasteiger partial charge in [-0.25, -0.2) is 0 Å². The molecule has 5 aromatic carbocycles. The van der Waals surface area contributed by atoms with E-state index < -0.39 is 181 Å². The highest BCUT2D eigenvalue weighted by atomic mass is 32.1. The zero-order chi connectivity index (χ0) is 84.1. The van der Waals surface area contributed by atoms with Crippen LogP contribution in [0.3, 0.4) is 0 Å². The van der Waals surface area contributed by atoms with Crippen molar-refractivity contribution >= 4 is 106 Å². The molecule has 115 heavy (non-hydrogen) atoms. The average molecular weight is 1610 g/mol. The Hall–Kier alpha value is -11.8. The number of aliphatic hydroxyl groups excluding tert-OH is 2. The Balaban J connectivity index is 1.22. The number of unbranched alkanes of at least 4 members (excludes halogenated alkanes) is 2. The molecule has 0 bridgehead atoms. The van der Waals surface area contributed by atoms with Gasteiger partial charge in [0.25, 0.3) is 0 Å². The van der Waals surface area contributed by atoms with E-state index in [-0.39, 0.29) is 69.4 Å². The maximum absolute atomic E-state index is 15.4. The Labute approximate surface area is 670 Å². The number of hydrogen-bond donors (Lipinski definition) is 22. The number of aromatic amines is 1. The molecular formula is C79H106N18O17S. The smallest absolute Gasteiger partial charge is 0.245 e. The fraction of sp³-hybridized carbons (Fsp3) is 0.418. The van der Waals surface area contributed by atoms with Crippen LogP contribution in [0, 0.1) is 0 Å². The lowest BCUT2D eigenvalue weighted by Gasteiger charge is -2.29. The third-order valence-electron chi connectivity index (χ3n) is 18.4. The van der Waals surface area contributed by atoms with Crippen molar-refractivity contribution < 1.29 is 82.4 Å². The summed E-state index contributed by atoms with van der Waals surface area (Å²) in [7, 11) is 0. The molecular weight excluding hydrogens is 1510 g/mol. The van der Waals surface area contributed by atoms with Gasteiger partial charge in [-0.2, -0.15) is 12.6 Å². The molecule has 13 atom stereocenters. The van der Waals surface area contributed by atoms with Gasteiger partial charge >= 0.3 is 0 Å². The number of rotatable bonds is 48. The van der Waals surface area contributed by atoms with E-state index in [1.165, 1.54) is 45.0 Å². The van der Waals surface area contributed by atoms with E-state index in [2.05, 4.69) is 86.7 Å². The zero-order valence-corrected chi connectivity index (χ0v) is 65.1. The van der Waals surface area contributed by atoms with E-state index >= 15 is 14.4 Å². The predicted octanol–water partition coefficient (Wildman–Crippen LogP) is -3.63. The van der Waals surface area contributed by atoms with Gasteiger partial charge in [0.1, 0.15) is 66.2 Å². The molecule has 0 spiro atoms. The summed E-state index contributed by atoms with van der Waals surface area (Å²) >= 11 is 4.16. The number of thiol groups is 1. The van der Waals surface area contributed by atoms with Crippen LogP contribution >= 0.6 is 12.6 Å². The summed E-state index contributed by atoms with van der Waals surface area (Å²) in [6.45, 7) is 2.29. The van der Waals surface area contributed by atoms with Crippen LogP contribution in [0.4, 0.5) is 0 Å². The minimum absolute atomic E-state index is 0.110. The van der Waals surface area contributed by atoms with E-state index in [1.54, 1.807) is 121 Å². The molecule has 0 saturated heterocycles. The first kappa shape index (κ1) is 92.0. The maximum Gasteiger partial charge on any atom is 0.245 e.